The number of nitrogens with zero attached hydrogens (tertiary/aromatic N) is 2. The van der Waals surface area contributed by atoms with Crippen LogP contribution in [-0.2, 0) is 6.42 Å². The molecule has 2 rings (SSSR count). The molecule has 1 unspecified atom stereocenters. The van der Waals surface area contributed by atoms with E-state index in [9.17, 15) is 4.39 Å². The fourth-order valence-corrected chi connectivity index (χ4v) is 2.98. The minimum absolute atomic E-state index is 0.141. The van der Waals surface area contributed by atoms with Gasteiger partial charge in [0.2, 0.25) is 0 Å². The molecule has 0 saturated heterocycles. The van der Waals surface area contributed by atoms with Crippen LogP contribution in [-0.4, -0.2) is 15.4 Å². The van der Waals surface area contributed by atoms with Crippen LogP contribution in [0.1, 0.15) is 45.0 Å². The monoisotopic (exact) mass is 316 g/mol. The summed E-state index contributed by atoms with van der Waals surface area (Å²) in [4.78, 5) is 4.54. The summed E-state index contributed by atoms with van der Waals surface area (Å²) >= 11 is 11.8. The van der Waals surface area contributed by atoms with E-state index in [0.29, 0.717) is 23.9 Å². The van der Waals surface area contributed by atoms with Gasteiger partial charge in [-0.05, 0) is 18.9 Å². The van der Waals surface area contributed by atoms with E-state index in [1.54, 1.807) is 6.07 Å². The number of aryl methyl sites for hydroxylation is 1. The van der Waals surface area contributed by atoms with Crippen LogP contribution in [0.3, 0.4) is 0 Å². The molecule has 1 aromatic heterocycles. The van der Waals surface area contributed by atoms with Crippen molar-refractivity contribution in [2.75, 3.05) is 5.88 Å². The molecule has 0 aliphatic carbocycles. The summed E-state index contributed by atoms with van der Waals surface area (Å²) in [7, 11) is 0. The second-order valence-electron chi connectivity index (χ2n) is 4.94. The van der Waals surface area contributed by atoms with Crippen molar-refractivity contribution in [1.29, 1.82) is 0 Å². The molecule has 0 radical (unpaired) electrons. The summed E-state index contributed by atoms with van der Waals surface area (Å²) in [6.45, 7) is 4.32. The zero-order chi connectivity index (χ0) is 14.7. The predicted molar refractivity (Wildman–Crippen MR) is 83.4 cm³/mol. The number of rotatable bonds is 6. The largest absolute Gasteiger partial charge is 0.325 e. The third kappa shape index (κ3) is 2.94. The molecular weight excluding hydrogens is 298 g/mol. The van der Waals surface area contributed by atoms with Gasteiger partial charge in [0.25, 0.3) is 0 Å². The van der Waals surface area contributed by atoms with Crippen LogP contribution in [0.2, 0.25) is 5.02 Å². The SMILES string of the molecule is CCCC(CC)n1c(CCCl)nc2cc(F)c(Cl)cc21. The molecule has 0 spiro atoms. The Labute approximate surface area is 128 Å². The standard InChI is InChI=1S/C15H19Cl2FN2/c1-3-5-10(4-2)20-14-8-11(17)12(18)9-13(14)19-15(20)6-7-16/h8-10H,3-7H2,1-2H3. The molecular formula is C15H19Cl2FN2. The van der Waals surface area contributed by atoms with Gasteiger partial charge in [-0.3, -0.25) is 0 Å². The van der Waals surface area contributed by atoms with Crippen molar-refractivity contribution in [1.82, 2.24) is 9.55 Å². The van der Waals surface area contributed by atoms with E-state index >= 15 is 0 Å². The quantitative estimate of drug-likeness (QED) is 0.656. The van der Waals surface area contributed by atoms with Crippen molar-refractivity contribution in [2.24, 2.45) is 0 Å². The Morgan fingerprint density at radius 3 is 2.70 bits per heavy atom. The first-order valence-corrected chi connectivity index (χ1v) is 7.95. The second-order valence-corrected chi connectivity index (χ2v) is 5.73. The van der Waals surface area contributed by atoms with E-state index in [1.165, 1.54) is 6.07 Å². The van der Waals surface area contributed by atoms with Gasteiger partial charge in [-0.1, -0.05) is 31.9 Å². The van der Waals surface area contributed by atoms with Gasteiger partial charge >= 0.3 is 0 Å². The number of hydrogen-bond donors (Lipinski definition) is 0. The van der Waals surface area contributed by atoms with Gasteiger partial charge in [0, 0.05) is 24.4 Å². The van der Waals surface area contributed by atoms with E-state index in [4.69, 9.17) is 23.2 Å². The Hall–Kier alpha value is -0.800. The van der Waals surface area contributed by atoms with Crippen LogP contribution in [0, 0.1) is 5.82 Å². The normalized spacial score (nSPS) is 13.1. The number of aromatic nitrogens is 2. The lowest BCUT2D eigenvalue weighted by Gasteiger charge is -2.20. The lowest BCUT2D eigenvalue weighted by atomic mass is 10.1. The Morgan fingerprint density at radius 1 is 1.35 bits per heavy atom. The lowest BCUT2D eigenvalue weighted by molar-refractivity contribution is 0.445. The summed E-state index contributed by atoms with van der Waals surface area (Å²) in [5.41, 5.74) is 1.55. The highest BCUT2D eigenvalue weighted by atomic mass is 35.5. The molecule has 0 amide bonds. The summed E-state index contributed by atoms with van der Waals surface area (Å²) in [6.07, 6.45) is 3.83. The van der Waals surface area contributed by atoms with Crippen LogP contribution >= 0.6 is 23.2 Å². The number of alkyl halides is 1. The minimum atomic E-state index is -0.426. The van der Waals surface area contributed by atoms with Gasteiger partial charge in [-0.2, -0.15) is 0 Å². The average molecular weight is 317 g/mol. The highest BCUT2D eigenvalue weighted by Crippen LogP contribution is 2.30. The highest BCUT2D eigenvalue weighted by Gasteiger charge is 2.18. The van der Waals surface area contributed by atoms with Gasteiger partial charge < -0.3 is 4.57 Å². The first-order chi connectivity index (χ1) is 9.62. The van der Waals surface area contributed by atoms with Gasteiger partial charge in [-0.15, -0.1) is 11.6 Å². The molecule has 1 aromatic carbocycles. The van der Waals surface area contributed by atoms with Crippen molar-refractivity contribution < 1.29 is 4.39 Å². The maximum atomic E-state index is 13.6. The number of imidazole rings is 1. The van der Waals surface area contributed by atoms with E-state index in [0.717, 1.165) is 30.6 Å². The van der Waals surface area contributed by atoms with Gasteiger partial charge in [0.1, 0.15) is 11.6 Å². The van der Waals surface area contributed by atoms with Crippen LogP contribution in [0.15, 0.2) is 12.1 Å². The first kappa shape index (κ1) is 15.6. The Kier molecular flexibility index (Phi) is 5.28. The molecule has 2 nitrogen and oxygen atoms in total. The van der Waals surface area contributed by atoms with E-state index < -0.39 is 5.82 Å². The molecule has 0 N–H and O–H groups in total. The van der Waals surface area contributed by atoms with Crippen LogP contribution < -0.4 is 0 Å². The summed E-state index contributed by atoms with van der Waals surface area (Å²) in [5, 5.41) is 0.141. The molecule has 5 heteroatoms. The molecule has 0 fully saturated rings. The summed E-state index contributed by atoms with van der Waals surface area (Å²) < 4.78 is 15.8. The molecule has 1 heterocycles. The number of halogens is 3. The second kappa shape index (κ2) is 6.77. The van der Waals surface area contributed by atoms with Crippen LogP contribution in [0.5, 0.6) is 0 Å². The lowest BCUT2D eigenvalue weighted by Crippen LogP contribution is -2.12. The third-order valence-electron chi connectivity index (χ3n) is 3.58. The zero-order valence-corrected chi connectivity index (χ0v) is 13.3. The van der Waals surface area contributed by atoms with E-state index in [2.05, 4.69) is 23.4 Å². The predicted octanol–water partition coefficient (Wildman–Crippen LogP) is 5.36. The fraction of sp³-hybridized carbons (Fsp3) is 0.533. The van der Waals surface area contributed by atoms with Gasteiger partial charge in [0.05, 0.1) is 16.1 Å². The molecule has 0 aliphatic heterocycles. The zero-order valence-electron chi connectivity index (χ0n) is 11.8. The summed E-state index contributed by atoms with van der Waals surface area (Å²) in [5.74, 6) is 0.990. The molecule has 0 aliphatic rings. The van der Waals surface area contributed by atoms with Crippen molar-refractivity contribution in [3.63, 3.8) is 0 Å². The molecule has 0 bridgehead atoms. The first-order valence-electron chi connectivity index (χ1n) is 7.04. The fourth-order valence-electron chi connectivity index (χ4n) is 2.66. The van der Waals surface area contributed by atoms with E-state index in [-0.39, 0.29) is 5.02 Å². The van der Waals surface area contributed by atoms with Crippen molar-refractivity contribution >= 4 is 34.2 Å². The molecule has 0 saturated carbocycles. The maximum absolute atomic E-state index is 13.6. The van der Waals surface area contributed by atoms with Crippen LogP contribution in [0.4, 0.5) is 4.39 Å². The molecule has 1 atom stereocenters. The average Bonchev–Trinajstić information content (AvgIpc) is 2.74. The number of benzene rings is 1. The third-order valence-corrected chi connectivity index (χ3v) is 4.06. The number of hydrogen-bond acceptors (Lipinski definition) is 1. The van der Waals surface area contributed by atoms with E-state index in [1.807, 2.05) is 0 Å². The van der Waals surface area contributed by atoms with Crippen molar-refractivity contribution in [2.45, 2.75) is 45.6 Å². The minimum Gasteiger partial charge on any atom is -0.325 e. The Bertz CT molecular complexity index is 595. The number of fused-ring (bicyclic) bond motifs is 1. The Balaban J connectivity index is 2.63. The highest BCUT2D eigenvalue weighted by molar-refractivity contribution is 6.31. The molecule has 110 valence electrons. The summed E-state index contributed by atoms with van der Waals surface area (Å²) in [6, 6.07) is 3.43. The van der Waals surface area contributed by atoms with Crippen LogP contribution in [0.25, 0.3) is 11.0 Å². The molecule has 20 heavy (non-hydrogen) atoms. The topological polar surface area (TPSA) is 17.8 Å². The van der Waals surface area contributed by atoms with Crippen molar-refractivity contribution in [3.8, 4) is 0 Å². The smallest absolute Gasteiger partial charge is 0.144 e. The maximum Gasteiger partial charge on any atom is 0.144 e. The van der Waals surface area contributed by atoms with Crippen molar-refractivity contribution in [3.05, 3.63) is 28.8 Å². The Morgan fingerprint density at radius 2 is 2.10 bits per heavy atom. The molecule has 2 aromatic rings. The van der Waals surface area contributed by atoms with Gasteiger partial charge in [0.15, 0.2) is 0 Å². The van der Waals surface area contributed by atoms with Gasteiger partial charge in [-0.25, -0.2) is 9.37 Å².